The summed E-state index contributed by atoms with van der Waals surface area (Å²) < 4.78 is 2.78. The summed E-state index contributed by atoms with van der Waals surface area (Å²) in [7, 11) is 0. The Labute approximate surface area is 112 Å². The van der Waals surface area contributed by atoms with E-state index in [4.69, 9.17) is 5.84 Å². The van der Waals surface area contributed by atoms with Crippen LogP contribution in [0.3, 0.4) is 0 Å². The van der Waals surface area contributed by atoms with E-state index in [1.165, 1.54) is 23.1 Å². The summed E-state index contributed by atoms with van der Waals surface area (Å²) >= 11 is 2.86. The van der Waals surface area contributed by atoms with Gasteiger partial charge in [0.2, 0.25) is 0 Å². The first-order chi connectivity index (χ1) is 8.43. The molecule has 0 saturated carbocycles. The van der Waals surface area contributed by atoms with Crippen LogP contribution in [0.2, 0.25) is 0 Å². The average Bonchev–Trinajstić information content (AvgIpc) is 2.77. The van der Waals surface area contributed by atoms with Gasteiger partial charge in [-0.1, -0.05) is 16.0 Å². The smallest absolute Gasteiger partial charge is 0.370 e. The molecule has 0 aliphatic carbocycles. The average molecular weight is 283 g/mol. The third kappa shape index (κ3) is 1.32. The summed E-state index contributed by atoms with van der Waals surface area (Å²) in [6.45, 7) is 5.71. The Hall–Kier alpha value is -1.05. The van der Waals surface area contributed by atoms with E-state index < -0.39 is 6.23 Å². The van der Waals surface area contributed by atoms with Crippen LogP contribution >= 0.6 is 23.1 Å². The first-order valence-electron chi connectivity index (χ1n) is 5.61. The summed E-state index contributed by atoms with van der Waals surface area (Å²) in [5, 5.41) is 13.3. The van der Waals surface area contributed by atoms with Crippen LogP contribution in [0.15, 0.2) is 9.95 Å². The zero-order valence-corrected chi connectivity index (χ0v) is 11.9. The third-order valence-electron chi connectivity index (χ3n) is 3.38. The van der Waals surface area contributed by atoms with Crippen molar-refractivity contribution in [1.29, 1.82) is 0 Å². The molecule has 18 heavy (non-hydrogen) atoms. The summed E-state index contributed by atoms with van der Waals surface area (Å²) in [5.74, 6) is 5.83. The van der Waals surface area contributed by atoms with Gasteiger partial charge in [-0.15, -0.1) is 0 Å². The van der Waals surface area contributed by atoms with Crippen LogP contribution < -0.4 is 21.1 Å². The lowest BCUT2D eigenvalue weighted by molar-refractivity contribution is -0.851. The normalized spacial score (nSPS) is 22.7. The van der Waals surface area contributed by atoms with Crippen LogP contribution in [0, 0.1) is 13.8 Å². The van der Waals surface area contributed by atoms with E-state index in [1.54, 1.807) is 4.57 Å². The number of nitrogens with zero attached hydrogens (tertiary/aromatic N) is 2. The summed E-state index contributed by atoms with van der Waals surface area (Å²) in [6.07, 6.45) is -0.889. The molecule has 0 amide bonds. The number of thioether (sulfide) groups is 1. The summed E-state index contributed by atoms with van der Waals surface area (Å²) in [6, 6.07) is 0. The van der Waals surface area contributed by atoms with Gasteiger partial charge in [0.05, 0.1) is 0 Å². The molecule has 3 rings (SSSR count). The van der Waals surface area contributed by atoms with Crippen LogP contribution in [0.25, 0.3) is 10.2 Å². The predicted molar refractivity (Wildman–Crippen MR) is 70.3 cm³/mol. The first kappa shape index (κ1) is 12.0. The lowest BCUT2D eigenvalue weighted by Crippen LogP contribution is -2.52. The van der Waals surface area contributed by atoms with E-state index in [0.717, 1.165) is 19.9 Å². The molecule has 7 heteroatoms. The number of thiophene rings is 1. The van der Waals surface area contributed by atoms with E-state index in [2.05, 4.69) is 0 Å². The molecule has 2 unspecified atom stereocenters. The molecule has 0 aromatic carbocycles. The Morgan fingerprint density at radius 3 is 2.78 bits per heavy atom. The second-order valence-electron chi connectivity index (χ2n) is 4.50. The Bertz CT molecular complexity index is 719. The fourth-order valence-electron chi connectivity index (χ4n) is 2.21. The summed E-state index contributed by atoms with van der Waals surface area (Å²) in [4.78, 5) is 14.1. The molecule has 96 valence electrons. The van der Waals surface area contributed by atoms with Gasteiger partial charge in [0.15, 0.2) is 4.83 Å². The molecule has 5 nitrogen and oxygen atoms in total. The topological polar surface area (TPSA) is 75.0 Å². The number of nitrogens with two attached hydrogens (primary N) is 1. The van der Waals surface area contributed by atoms with E-state index >= 15 is 0 Å². The Morgan fingerprint density at radius 2 is 2.11 bits per heavy atom. The van der Waals surface area contributed by atoms with Crippen molar-refractivity contribution in [2.45, 2.75) is 37.4 Å². The third-order valence-corrected chi connectivity index (χ3v) is 5.79. The van der Waals surface area contributed by atoms with Gasteiger partial charge < -0.3 is 5.11 Å². The molecule has 3 heterocycles. The minimum Gasteiger partial charge on any atom is -0.817 e. The number of aromatic nitrogens is 2. The molecular weight excluding hydrogens is 270 g/mol. The molecule has 0 spiro atoms. The van der Waals surface area contributed by atoms with Crippen molar-refractivity contribution >= 4 is 33.3 Å². The Balaban J connectivity index is 2.54. The van der Waals surface area contributed by atoms with Gasteiger partial charge in [0.25, 0.3) is 0 Å². The maximum Gasteiger partial charge on any atom is 0.370 e. The van der Waals surface area contributed by atoms with Gasteiger partial charge in [-0.2, -0.15) is 0 Å². The van der Waals surface area contributed by atoms with Crippen LogP contribution in [0.1, 0.15) is 23.6 Å². The maximum absolute atomic E-state index is 12.3. The van der Waals surface area contributed by atoms with Gasteiger partial charge in [0.1, 0.15) is 5.39 Å². The molecule has 1 aliphatic rings. The second kappa shape index (κ2) is 3.72. The van der Waals surface area contributed by atoms with E-state index in [9.17, 15) is 9.90 Å². The highest BCUT2D eigenvalue weighted by Crippen LogP contribution is 2.34. The molecular formula is C11H13N3O2S2. The largest absolute Gasteiger partial charge is 0.817 e. The molecule has 0 radical (unpaired) electrons. The number of hydrogen-bond donors (Lipinski definition) is 1. The molecule has 0 saturated heterocycles. The van der Waals surface area contributed by atoms with E-state index in [1.807, 2.05) is 20.8 Å². The standard InChI is InChI=1S/C11H13N3O2S2/c1-4-5(2)17-10-7(4)9(16)14(12)11-13(10)8(15)6(3)18-11/h6,8H,12H2,1-3H3. The van der Waals surface area contributed by atoms with Crippen molar-refractivity contribution in [3.63, 3.8) is 0 Å². The van der Waals surface area contributed by atoms with Crippen LogP contribution in [0.4, 0.5) is 0 Å². The predicted octanol–water partition coefficient (Wildman–Crippen LogP) is 0.0342. The lowest BCUT2D eigenvalue weighted by atomic mass is 10.2. The van der Waals surface area contributed by atoms with Crippen molar-refractivity contribution in [2.75, 3.05) is 5.84 Å². The van der Waals surface area contributed by atoms with Crippen LogP contribution in [-0.2, 0) is 0 Å². The molecule has 2 atom stereocenters. The molecule has 0 fully saturated rings. The van der Waals surface area contributed by atoms with Gasteiger partial charge in [-0.25, -0.2) is 9.36 Å². The van der Waals surface area contributed by atoms with Gasteiger partial charge in [-0.3, -0.25) is 5.84 Å². The first-order valence-corrected chi connectivity index (χ1v) is 7.31. The van der Waals surface area contributed by atoms with E-state index in [0.29, 0.717) is 10.5 Å². The van der Waals surface area contributed by atoms with Crippen molar-refractivity contribution in [3.05, 3.63) is 20.8 Å². The molecule has 2 aromatic heterocycles. The fraction of sp³-hybridized carbons (Fsp3) is 0.455. The SMILES string of the molecule is Cc1sc2c(c1C)c(=O)n(N)c1[n+]2C([O-])C(C)S1. The zero-order valence-electron chi connectivity index (χ0n) is 10.3. The Kier molecular flexibility index (Phi) is 2.48. The zero-order chi connectivity index (χ0) is 13.2. The minimum atomic E-state index is -0.889. The van der Waals surface area contributed by atoms with Crippen molar-refractivity contribution in [3.8, 4) is 0 Å². The fourth-order valence-corrected chi connectivity index (χ4v) is 4.52. The minimum absolute atomic E-state index is 0.118. The Morgan fingerprint density at radius 1 is 1.44 bits per heavy atom. The van der Waals surface area contributed by atoms with Crippen molar-refractivity contribution in [1.82, 2.24) is 4.68 Å². The lowest BCUT2D eigenvalue weighted by Gasteiger charge is -2.17. The highest BCUT2D eigenvalue weighted by atomic mass is 32.2. The number of rotatable bonds is 0. The highest BCUT2D eigenvalue weighted by molar-refractivity contribution is 7.99. The van der Waals surface area contributed by atoms with Crippen molar-refractivity contribution < 1.29 is 9.67 Å². The number of fused-ring (bicyclic) bond motifs is 3. The van der Waals surface area contributed by atoms with Gasteiger partial charge in [0, 0.05) is 16.4 Å². The quantitative estimate of drug-likeness (QED) is 0.421. The number of nitrogen functional groups attached to an aromatic ring is 1. The maximum atomic E-state index is 12.3. The van der Waals surface area contributed by atoms with E-state index in [-0.39, 0.29) is 10.8 Å². The van der Waals surface area contributed by atoms with Gasteiger partial charge >= 0.3 is 10.7 Å². The van der Waals surface area contributed by atoms with Crippen LogP contribution in [-0.4, -0.2) is 9.93 Å². The number of hydrogen-bond acceptors (Lipinski definition) is 5. The molecule has 2 N–H and O–H groups in total. The molecule has 1 aliphatic heterocycles. The van der Waals surface area contributed by atoms with Crippen molar-refractivity contribution in [2.24, 2.45) is 0 Å². The molecule has 2 aromatic rings. The number of aryl methyl sites for hydroxylation is 2. The van der Waals surface area contributed by atoms with Crippen LogP contribution in [0.5, 0.6) is 0 Å². The molecule has 0 bridgehead atoms. The second-order valence-corrected chi connectivity index (χ2v) is 7.05. The summed E-state index contributed by atoms with van der Waals surface area (Å²) in [5.41, 5.74) is 0.707. The van der Waals surface area contributed by atoms with Gasteiger partial charge in [-0.05, 0) is 38.1 Å². The monoisotopic (exact) mass is 283 g/mol. The highest BCUT2D eigenvalue weighted by Gasteiger charge is 2.36.